The monoisotopic (exact) mass is 244 g/mol. The van der Waals surface area contributed by atoms with Crippen molar-refractivity contribution >= 4 is 23.5 Å². The highest BCUT2D eigenvalue weighted by molar-refractivity contribution is 8.03. The van der Waals surface area contributed by atoms with Crippen LogP contribution in [0, 0.1) is 10.1 Å². The van der Waals surface area contributed by atoms with Crippen LogP contribution < -0.4 is 0 Å². The third-order valence-corrected chi connectivity index (χ3v) is 3.29. The number of hydrogen-bond acceptors (Lipinski definition) is 5. The zero-order valence-electron chi connectivity index (χ0n) is 9.06. The molecule has 1 aliphatic rings. The van der Waals surface area contributed by atoms with Crippen molar-refractivity contribution in [1.82, 2.24) is 4.90 Å². The van der Waals surface area contributed by atoms with Crippen LogP contribution in [0.4, 0.5) is 0 Å². The van der Waals surface area contributed by atoms with Gasteiger partial charge in [0, 0.05) is 26.1 Å². The second-order valence-corrected chi connectivity index (χ2v) is 4.42. The van der Waals surface area contributed by atoms with Gasteiger partial charge >= 0.3 is 5.70 Å². The SMILES string of the molecule is CC(=O)C(=C1SCCCN1C(C)=O)[N+](=O)[O-]. The van der Waals surface area contributed by atoms with Crippen LogP contribution in [0.15, 0.2) is 10.7 Å². The number of ketones is 1. The van der Waals surface area contributed by atoms with Crippen molar-refractivity contribution in [3.05, 3.63) is 20.8 Å². The standard InChI is InChI=1S/C9H12N2O4S/c1-6(12)8(11(14)15)9-10(7(2)13)4-3-5-16-9/h3-5H2,1-2H3. The molecule has 1 saturated heterocycles. The number of rotatable bonds is 2. The molecule has 88 valence electrons. The van der Waals surface area contributed by atoms with Gasteiger partial charge in [-0.1, -0.05) is 0 Å². The Kier molecular flexibility index (Phi) is 4.05. The first kappa shape index (κ1) is 12.7. The van der Waals surface area contributed by atoms with Crippen LogP contribution in [0.2, 0.25) is 0 Å². The molecular weight excluding hydrogens is 232 g/mol. The maximum atomic E-state index is 11.3. The van der Waals surface area contributed by atoms with E-state index in [1.54, 1.807) is 0 Å². The minimum atomic E-state index is -0.716. The maximum Gasteiger partial charge on any atom is 0.341 e. The molecule has 0 aliphatic carbocycles. The molecule has 0 aromatic heterocycles. The fourth-order valence-electron chi connectivity index (χ4n) is 1.42. The van der Waals surface area contributed by atoms with E-state index in [2.05, 4.69) is 0 Å². The summed E-state index contributed by atoms with van der Waals surface area (Å²) in [4.78, 5) is 33.9. The fraction of sp³-hybridized carbons (Fsp3) is 0.556. The van der Waals surface area contributed by atoms with Crippen molar-refractivity contribution in [3.63, 3.8) is 0 Å². The number of carbonyl (C=O) groups excluding carboxylic acids is 2. The molecule has 16 heavy (non-hydrogen) atoms. The third kappa shape index (κ3) is 2.60. The molecule has 0 bridgehead atoms. The molecular formula is C9H12N2O4S. The first-order chi connectivity index (χ1) is 7.45. The van der Waals surface area contributed by atoms with Crippen molar-refractivity contribution < 1.29 is 14.5 Å². The summed E-state index contributed by atoms with van der Waals surface area (Å²) in [6.45, 7) is 2.91. The number of nitrogens with zero attached hydrogens (tertiary/aromatic N) is 2. The van der Waals surface area contributed by atoms with E-state index in [1.165, 1.54) is 23.6 Å². The highest BCUT2D eigenvalue weighted by atomic mass is 32.2. The highest BCUT2D eigenvalue weighted by Crippen LogP contribution is 2.30. The average molecular weight is 244 g/mol. The van der Waals surface area contributed by atoms with E-state index in [0.29, 0.717) is 12.3 Å². The van der Waals surface area contributed by atoms with Crippen molar-refractivity contribution in [3.8, 4) is 0 Å². The van der Waals surface area contributed by atoms with Crippen LogP contribution in [0.1, 0.15) is 20.3 Å². The average Bonchev–Trinajstić information content (AvgIpc) is 2.17. The number of nitro groups is 1. The first-order valence-corrected chi connectivity index (χ1v) is 5.74. The molecule has 0 aromatic rings. The lowest BCUT2D eigenvalue weighted by Gasteiger charge is -2.26. The molecule has 1 aliphatic heterocycles. The zero-order valence-corrected chi connectivity index (χ0v) is 9.87. The van der Waals surface area contributed by atoms with E-state index in [0.717, 1.165) is 13.3 Å². The van der Waals surface area contributed by atoms with E-state index < -0.39 is 16.4 Å². The minimum Gasteiger partial charge on any atom is -0.301 e. The lowest BCUT2D eigenvalue weighted by molar-refractivity contribution is -0.420. The summed E-state index contributed by atoms with van der Waals surface area (Å²) < 4.78 is 0. The summed E-state index contributed by atoms with van der Waals surface area (Å²) in [6.07, 6.45) is 0.774. The van der Waals surface area contributed by atoms with E-state index in [4.69, 9.17) is 0 Å². The third-order valence-electron chi connectivity index (χ3n) is 2.11. The van der Waals surface area contributed by atoms with Gasteiger partial charge in [0.05, 0.1) is 4.92 Å². The lowest BCUT2D eigenvalue weighted by atomic mass is 10.3. The maximum absolute atomic E-state index is 11.3. The number of amides is 1. The molecule has 0 N–H and O–H groups in total. The molecule has 6 nitrogen and oxygen atoms in total. The van der Waals surface area contributed by atoms with Gasteiger partial charge in [-0.05, 0) is 6.42 Å². The Morgan fingerprint density at radius 1 is 1.44 bits per heavy atom. The molecule has 0 unspecified atom stereocenters. The molecule has 0 saturated carbocycles. The number of thioether (sulfide) groups is 1. The van der Waals surface area contributed by atoms with Crippen LogP contribution in [0.25, 0.3) is 0 Å². The second kappa shape index (κ2) is 5.11. The number of allylic oxidation sites excluding steroid dienone is 1. The van der Waals surface area contributed by atoms with E-state index >= 15 is 0 Å². The van der Waals surface area contributed by atoms with Crippen molar-refractivity contribution in [2.24, 2.45) is 0 Å². The molecule has 0 aromatic carbocycles. The quantitative estimate of drug-likeness (QED) is 0.411. The summed E-state index contributed by atoms with van der Waals surface area (Å²) in [6, 6.07) is 0. The molecule has 7 heteroatoms. The predicted octanol–water partition coefficient (Wildman–Crippen LogP) is 1.01. The van der Waals surface area contributed by atoms with Gasteiger partial charge in [-0.2, -0.15) is 0 Å². The van der Waals surface area contributed by atoms with E-state index in [9.17, 15) is 19.7 Å². The summed E-state index contributed by atoms with van der Waals surface area (Å²) >= 11 is 1.19. The van der Waals surface area contributed by atoms with Gasteiger partial charge in [0.25, 0.3) is 0 Å². The van der Waals surface area contributed by atoms with Crippen LogP contribution in [-0.2, 0) is 9.59 Å². The van der Waals surface area contributed by atoms with Gasteiger partial charge in [0.1, 0.15) is 0 Å². The molecule has 1 amide bonds. The summed E-state index contributed by atoms with van der Waals surface area (Å²) in [5, 5.41) is 11.0. The molecule has 1 fully saturated rings. The topological polar surface area (TPSA) is 80.5 Å². The van der Waals surface area contributed by atoms with Gasteiger partial charge in [-0.25, -0.2) is 0 Å². The largest absolute Gasteiger partial charge is 0.341 e. The summed E-state index contributed by atoms with van der Waals surface area (Å²) in [7, 11) is 0. The van der Waals surface area contributed by atoms with Crippen LogP contribution in [0.5, 0.6) is 0 Å². The predicted molar refractivity (Wildman–Crippen MR) is 59.2 cm³/mol. The Balaban J connectivity index is 3.21. The van der Waals surface area contributed by atoms with Crippen LogP contribution in [0.3, 0.4) is 0 Å². The molecule has 1 heterocycles. The van der Waals surface area contributed by atoms with E-state index in [-0.39, 0.29) is 10.9 Å². The Bertz CT molecular complexity index is 362. The van der Waals surface area contributed by atoms with Gasteiger partial charge in [-0.15, -0.1) is 11.8 Å². The lowest BCUT2D eigenvalue weighted by Crippen LogP contribution is -2.34. The van der Waals surface area contributed by atoms with Gasteiger partial charge < -0.3 is 4.90 Å². The van der Waals surface area contributed by atoms with Crippen LogP contribution >= 0.6 is 11.8 Å². The van der Waals surface area contributed by atoms with Gasteiger partial charge in [-0.3, -0.25) is 19.7 Å². The Labute approximate surface area is 96.8 Å². The molecule has 0 spiro atoms. The molecule has 0 radical (unpaired) electrons. The normalized spacial score (nSPS) is 19.2. The van der Waals surface area contributed by atoms with Gasteiger partial charge in [0.2, 0.25) is 11.7 Å². The fourth-order valence-corrected chi connectivity index (χ4v) is 2.62. The Morgan fingerprint density at radius 3 is 2.50 bits per heavy atom. The smallest absolute Gasteiger partial charge is 0.301 e. The molecule has 0 atom stereocenters. The second-order valence-electron chi connectivity index (χ2n) is 3.34. The van der Waals surface area contributed by atoms with Crippen molar-refractivity contribution in [2.45, 2.75) is 20.3 Å². The van der Waals surface area contributed by atoms with Crippen molar-refractivity contribution in [1.29, 1.82) is 0 Å². The zero-order chi connectivity index (χ0) is 12.3. The highest BCUT2D eigenvalue weighted by Gasteiger charge is 2.32. The Morgan fingerprint density at radius 2 is 2.06 bits per heavy atom. The summed E-state index contributed by atoms with van der Waals surface area (Å²) in [5.41, 5.74) is -0.486. The summed E-state index contributed by atoms with van der Waals surface area (Å²) in [5.74, 6) is -0.215. The number of carbonyl (C=O) groups is 2. The minimum absolute atomic E-state index is 0.177. The van der Waals surface area contributed by atoms with E-state index in [1.807, 2.05) is 0 Å². The first-order valence-electron chi connectivity index (χ1n) is 4.75. The van der Waals surface area contributed by atoms with Crippen LogP contribution in [-0.4, -0.2) is 33.8 Å². The number of hydrogen-bond donors (Lipinski definition) is 0. The Hall–Kier alpha value is -1.37. The van der Waals surface area contributed by atoms with Gasteiger partial charge in [0.15, 0.2) is 5.03 Å². The number of Topliss-reactive ketones (excluding diaryl/α,β-unsaturated/α-hetero) is 1. The van der Waals surface area contributed by atoms with Crippen molar-refractivity contribution in [2.75, 3.05) is 12.3 Å². The molecule has 1 rings (SSSR count).